The van der Waals surface area contributed by atoms with E-state index in [0.717, 1.165) is 24.8 Å². The third kappa shape index (κ3) is 15.0. The summed E-state index contributed by atoms with van der Waals surface area (Å²) in [6.07, 6.45) is 19.6. The van der Waals surface area contributed by atoms with Crippen molar-refractivity contribution in [3.63, 3.8) is 0 Å². The molecule has 5 heteroatoms. The molecule has 0 saturated carbocycles. The van der Waals surface area contributed by atoms with Crippen molar-refractivity contribution in [3.8, 4) is 5.75 Å². The van der Waals surface area contributed by atoms with Crippen LogP contribution in [0.15, 0.2) is 24.3 Å². The van der Waals surface area contributed by atoms with E-state index in [9.17, 15) is 14.7 Å². The molecule has 0 bridgehead atoms. The van der Waals surface area contributed by atoms with Gasteiger partial charge < -0.3 is 15.6 Å². The highest BCUT2D eigenvalue weighted by Crippen LogP contribution is 2.14. The van der Waals surface area contributed by atoms with Crippen LogP contribution < -0.4 is 5.73 Å². The average molecular weight is 448 g/mol. The molecule has 1 rings (SSSR count). The lowest BCUT2D eigenvalue weighted by atomic mass is 10.0. The SMILES string of the molecule is CCCCCCCCCCCCCCCCCC(=O)OC(=O)C(N)Cc1ccc(O)cc1. The molecule has 182 valence electrons. The average Bonchev–Trinajstić information content (AvgIpc) is 2.77. The molecular weight excluding hydrogens is 402 g/mol. The van der Waals surface area contributed by atoms with Gasteiger partial charge in [0.2, 0.25) is 0 Å². The molecule has 0 spiro atoms. The minimum absolute atomic E-state index is 0.156. The fourth-order valence-corrected chi connectivity index (χ4v) is 3.85. The van der Waals surface area contributed by atoms with Gasteiger partial charge in [0.1, 0.15) is 11.8 Å². The second kappa shape index (κ2) is 18.7. The maximum atomic E-state index is 12.0. The van der Waals surface area contributed by atoms with Crippen LogP contribution in [-0.4, -0.2) is 23.1 Å². The van der Waals surface area contributed by atoms with Crippen molar-refractivity contribution in [1.82, 2.24) is 0 Å². The minimum Gasteiger partial charge on any atom is -0.508 e. The van der Waals surface area contributed by atoms with E-state index in [2.05, 4.69) is 6.92 Å². The van der Waals surface area contributed by atoms with Gasteiger partial charge >= 0.3 is 11.9 Å². The fourth-order valence-electron chi connectivity index (χ4n) is 3.85. The number of nitrogens with two attached hydrogens (primary N) is 1. The number of aromatic hydroxyl groups is 1. The second-order valence-corrected chi connectivity index (χ2v) is 8.97. The van der Waals surface area contributed by atoms with Crippen LogP contribution in [0.5, 0.6) is 5.75 Å². The highest BCUT2D eigenvalue weighted by atomic mass is 16.6. The van der Waals surface area contributed by atoms with E-state index in [1.807, 2.05) is 0 Å². The second-order valence-electron chi connectivity index (χ2n) is 8.97. The Labute approximate surface area is 195 Å². The summed E-state index contributed by atoms with van der Waals surface area (Å²) in [5, 5.41) is 9.28. The zero-order chi connectivity index (χ0) is 23.4. The standard InChI is InChI=1S/C27H45NO4/c1-2-3-4-5-6-7-8-9-10-11-12-13-14-15-16-17-26(30)32-27(31)25(28)22-23-18-20-24(29)21-19-23/h18-21,25,29H,2-17,22,28H2,1H3. The summed E-state index contributed by atoms with van der Waals surface area (Å²) >= 11 is 0. The molecule has 1 atom stereocenters. The Hall–Kier alpha value is -1.88. The van der Waals surface area contributed by atoms with Crippen LogP contribution in [0.2, 0.25) is 0 Å². The number of hydrogen-bond donors (Lipinski definition) is 2. The molecule has 0 fully saturated rings. The number of ether oxygens (including phenoxy) is 1. The normalized spacial score (nSPS) is 11.9. The Balaban J connectivity index is 1.92. The Bertz CT molecular complexity index is 615. The van der Waals surface area contributed by atoms with E-state index in [4.69, 9.17) is 10.5 Å². The number of carbonyl (C=O) groups is 2. The van der Waals surface area contributed by atoms with Gasteiger partial charge in [-0.3, -0.25) is 4.79 Å². The first kappa shape index (κ1) is 28.2. The zero-order valence-corrected chi connectivity index (χ0v) is 20.2. The Morgan fingerprint density at radius 1 is 0.781 bits per heavy atom. The zero-order valence-electron chi connectivity index (χ0n) is 20.2. The lowest BCUT2D eigenvalue weighted by molar-refractivity contribution is -0.160. The van der Waals surface area contributed by atoms with Gasteiger partial charge in [0.25, 0.3) is 0 Å². The molecule has 1 aromatic rings. The number of hydrogen-bond acceptors (Lipinski definition) is 5. The topological polar surface area (TPSA) is 89.6 Å². The van der Waals surface area contributed by atoms with Crippen LogP contribution in [0.3, 0.4) is 0 Å². The van der Waals surface area contributed by atoms with Crippen LogP contribution in [-0.2, 0) is 20.7 Å². The molecule has 1 aromatic carbocycles. The molecule has 0 aliphatic rings. The van der Waals surface area contributed by atoms with Crippen molar-refractivity contribution in [3.05, 3.63) is 29.8 Å². The van der Waals surface area contributed by atoms with Gasteiger partial charge in [-0.25, -0.2) is 4.79 Å². The largest absolute Gasteiger partial charge is 0.508 e. The molecule has 0 amide bonds. The van der Waals surface area contributed by atoms with Crippen molar-refractivity contribution >= 4 is 11.9 Å². The maximum Gasteiger partial charge on any atom is 0.330 e. The highest BCUT2D eigenvalue weighted by molar-refractivity contribution is 5.88. The van der Waals surface area contributed by atoms with E-state index in [0.29, 0.717) is 0 Å². The molecule has 0 saturated heterocycles. The van der Waals surface area contributed by atoms with Crippen molar-refractivity contribution < 1.29 is 19.4 Å². The quantitative estimate of drug-likeness (QED) is 0.142. The monoisotopic (exact) mass is 447 g/mol. The maximum absolute atomic E-state index is 12.0. The number of rotatable bonds is 19. The third-order valence-corrected chi connectivity index (χ3v) is 5.89. The van der Waals surface area contributed by atoms with Gasteiger partial charge in [0.05, 0.1) is 0 Å². The molecule has 0 aliphatic heterocycles. The molecule has 5 nitrogen and oxygen atoms in total. The van der Waals surface area contributed by atoms with Gasteiger partial charge in [-0.2, -0.15) is 0 Å². The minimum atomic E-state index is -0.885. The third-order valence-electron chi connectivity index (χ3n) is 5.89. The molecule has 3 N–H and O–H groups in total. The van der Waals surface area contributed by atoms with Crippen LogP contribution >= 0.6 is 0 Å². The highest BCUT2D eigenvalue weighted by Gasteiger charge is 2.19. The van der Waals surface area contributed by atoms with E-state index in [1.54, 1.807) is 12.1 Å². The smallest absolute Gasteiger partial charge is 0.330 e. The summed E-state index contributed by atoms with van der Waals surface area (Å²) in [6, 6.07) is 5.58. The van der Waals surface area contributed by atoms with E-state index < -0.39 is 18.0 Å². The molecule has 0 heterocycles. The van der Waals surface area contributed by atoms with Gasteiger partial charge in [-0.05, 0) is 30.5 Å². The number of esters is 2. The van der Waals surface area contributed by atoms with Crippen molar-refractivity contribution in [1.29, 1.82) is 0 Å². The molecule has 0 radical (unpaired) electrons. The van der Waals surface area contributed by atoms with Crippen LogP contribution in [0.1, 0.15) is 115 Å². The lowest BCUT2D eigenvalue weighted by Crippen LogP contribution is -2.35. The summed E-state index contributed by atoms with van der Waals surface area (Å²) in [5.41, 5.74) is 6.64. The summed E-state index contributed by atoms with van der Waals surface area (Å²) in [4.78, 5) is 23.8. The number of phenolic OH excluding ortho intramolecular Hbond substituents is 1. The first-order valence-electron chi connectivity index (χ1n) is 12.8. The van der Waals surface area contributed by atoms with E-state index in [1.165, 1.54) is 89.2 Å². The number of benzene rings is 1. The Morgan fingerprint density at radius 3 is 1.69 bits per heavy atom. The van der Waals surface area contributed by atoms with Gasteiger partial charge in [-0.15, -0.1) is 0 Å². The van der Waals surface area contributed by atoms with Crippen molar-refractivity contribution in [2.24, 2.45) is 5.73 Å². The summed E-state index contributed by atoms with van der Waals surface area (Å²) in [6.45, 7) is 2.26. The molecule has 0 aliphatic carbocycles. The molecule has 0 aromatic heterocycles. The van der Waals surface area contributed by atoms with Gasteiger partial charge in [0.15, 0.2) is 0 Å². The predicted octanol–water partition coefficient (Wildman–Crippen LogP) is 6.59. The van der Waals surface area contributed by atoms with E-state index >= 15 is 0 Å². The molecule has 1 unspecified atom stereocenters. The van der Waals surface area contributed by atoms with Gasteiger partial charge in [0, 0.05) is 6.42 Å². The lowest BCUT2D eigenvalue weighted by Gasteiger charge is -2.10. The van der Waals surface area contributed by atoms with Crippen LogP contribution in [0, 0.1) is 0 Å². The summed E-state index contributed by atoms with van der Waals surface area (Å²) in [7, 11) is 0. The fraction of sp³-hybridized carbons (Fsp3) is 0.704. The van der Waals surface area contributed by atoms with E-state index in [-0.39, 0.29) is 18.6 Å². The molecule has 32 heavy (non-hydrogen) atoms. The van der Waals surface area contributed by atoms with Gasteiger partial charge in [-0.1, -0.05) is 109 Å². The first-order valence-corrected chi connectivity index (χ1v) is 12.8. The van der Waals surface area contributed by atoms with Crippen LogP contribution in [0.4, 0.5) is 0 Å². The molecular formula is C27H45NO4. The Morgan fingerprint density at radius 2 is 1.22 bits per heavy atom. The van der Waals surface area contributed by atoms with Crippen molar-refractivity contribution in [2.75, 3.05) is 0 Å². The number of carbonyl (C=O) groups excluding carboxylic acids is 2. The number of unbranched alkanes of at least 4 members (excludes halogenated alkanes) is 14. The van der Waals surface area contributed by atoms with Crippen molar-refractivity contribution in [2.45, 2.75) is 122 Å². The van der Waals surface area contributed by atoms with Crippen LogP contribution in [0.25, 0.3) is 0 Å². The summed E-state index contributed by atoms with van der Waals surface area (Å²) < 4.78 is 4.87. The number of phenols is 1. The summed E-state index contributed by atoms with van der Waals surface area (Å²) in [5.74, 6) is -1.03. The first-order chi connectivity index (χ1) is 15.5. The predicted molar refractivity (Wildman–Crippen MR) is 130 cm³/mol. The Kier molecular flexibility index (Phi) is 16.4.